The summed E-state index contributed by atoms with van der Waals surface area (Å²) in [6, 6.07) is 61.6. The Balaban J connectivity index is 1.14. The normalized spacial score (nSPS) is 11.8. The van der Waals surface area contributed by atoms with Gasteiger partial charge >= 0.3 is 0 Å². The van der Waals surface area contributed by atoms with Gasteiger partial charge in [0.25, 0.3) is 0 Å². The summed E-state index contributed by atoms with van der Waals surface area (Å²) < 4.78 is 6.27. The Morgan fingerprint density at radius 2 is 0.868 bits per heavy atom. The Bertz CT molecular complexity index is 3230. The molecule has 0 bridgehead atoms. The van der Waals surface area contributed by atoms with Crippen molar-refractivity contribution in [1.82, 2.24) is 15.0 Å². The molecule has 0 saturated carbocycles. The van der Waals surface area contributed by atoms with Crippen LogP contribution in [0, 0.1) is 0 Å². The van der Waals surface area contributed by atoms with Gasteiger partial charge in [-0.3, -0.25) is 0 Å². The molecule has 0 amide bonds. The number of fused-ring (bicyclic) bond motifs is 9. The molecule has 0 spiro atoms. The highest BCUT2D eigenvalue weighted by Crippen LogP contribution is 2.41. The van der Waals surface area contributed by atoms with E-state index in [2.05, 4.69) is 140 Å². The van der Waals surface area contributed by atoms with E-state index in [1.54, 1.807) is 0 Å². The number of hydrogen-bond acceptors (Lipinski definition) is 4. The number of hydrogen-bond donors (Lipinski definition) is 0. The second-order valence-corrected chi connectivity index (χ2v) is 13.5. The summed E-state index contributed by atoms with van der Waals surface area (Å²) in [5.74, 6) is 1.90. The molecule has 53 heavy (non-hydrogen) atoms. The van der Waals surface area contributed by atoms with Gasteiger partial charge in [0.05, 0.1) is 0 Å². The summed E-state index contributed by atoms with van der Waals surface area (Å²) in [5.41, 5.74) is 6.86. The lowest BCUT2D eigenvalue weighted by atomic mass is 9.93. The van der Waals surface area contributed by atoms with Crippen LogP contribution < -0.4 is 0 Å². The van der Waals surface area contributed by atoms with Crippen LogP contribution in [-0.4, -0.2) is 15.0 Å². The van der Waals surface area contributed by atoms with Crippen LogP contribution in [0.5, 0.6) is 0 Å². The van der Waals surface area contributed by atoms with Gasteiger partial charge in [-0.1, -0.05) is 158 Å². The molecule has 246 valence electrons. The van der Waals surface area contributed by atoms with Gasteiger partial charge in [0.15, 0.2) is 17.5 Å². The first-order valence-corrected chi connectivity index (χ1v) is 17.9. The lowest BCUT2D eigenvalue weighted by molar-refractivity contribution is 0.669. The molecule has 0 N–H and O–H groups in total. The van der Waals surface area contributed by atoms with Crippen LogP contribution in [0.3, 0.4) is 0 Å². The molecule has 0 aliphatic heterocycles. The number of rotatable bonds is 4. The Labute approximate surface area is 304 Å². The largest absolute Gasteiger partial charge is 0.456 e. The molecule has 0 radical (unpaired) electrons. The van der Waals surface area contributed by atoms with E-state index in [0.717, 1.165) is 60.5 Å². The average molecular weight is 676 g/mol. The van der Waals surface area contributed by atoms with Gasteiger partial charge in [-0.05, 0) is 72.4 Å². The molecule has 0 fully saturated rings. The third-order valence-corrected chi connectivity index (χ3v) is 10.5. The van der Waals surface area contributed by atoms with Crippen molar-refractivity contribution in [3.8, 4) is 45.3 Å². The zero-order valence-electron chi connectivity index (χ0n) is 28.5. The zero-order chi connectivity index (χ0) is 34.9. The lowest BCUT2D eigenvalue weighted by Crippen LogP contribution is -2.00. The highest BCUT2D eigenvalue weighted by atomic mass is 16.3. The molecule has 0 aliphatic carbocycles. The van der Waals surface area contributed by atoms with Gasteiger partial charge in [-0.15, -0.1) is 0 Å². The van der Waals surface area contributed by atoms with Crippen LogP contribution in [-0.2, 0) is 0 Å². The van der Waals surface area contributed by atoms with Gasteiger partial charge in [-0.2, -0.15) is 0 Å². The van der Waals surface area contributed by atoms with Crippen LogP contribution in [0.2, 0.25) is 0 Å². The minimum Gasteiger partial charge on any atom is -0.456 e. The molecule has 9 aromatic carbocycles. The van der Waals surface area contributed by atoms with Crippen molar-refractivity contribution >= 4 is 65.0 Å². The van der Waals surface area contributed by atoms with Crippen LogP contribution in [0.15, 0.2) is 180 Å². The maximum Gasteiger partial charge on any atom is 0.164 e. The van der Waals surface area contributed by atoms with E-state index in [1.165, 1.54) is 32.3 Å². The smallest absolute Gasteiger partial charge is 0.164 e. The molecule has 2 aromatic heterocycles. The summed E-state index contributed by atoms with van der Waals surface area (Å²) in [6.45, 7) is 0. The first-order chi connectivity index (χ1) is 26.3. The zero-order valence-corrected chi connectivity index (χ0v) is 28.5. The summed E-state index contributed by atoms with van der Waals surface area (Å²) in [7, 11) is 0. The van der Waals surface area contributed by atoms with Crippen LogP contribution in [0.1, 0.15) is 0 Å². The molecule has 0 saturated heterocycles. The Morgan fingerprint density at radius 1 is 0.302 bits per heavy atom. The number of aromatic nitrogens is 3. The van der Waals surface area contributed by atoms with Crippen molar-refractivity contribution < 1.29 is 4.42 Å². The summed E-state index contributed by atoms with van der Waals surface area (Å²) >= 11 is 0. The Hall–Kier alpha value is -7.17. The molecule has 0 aliphatic rings. The lowest BCUT2D eigenvalue weighted by Gasteiger charge is -2.13. The molecular weight excluding hydrogens is 647 g/mol. The molecule has 11 aromatic rings. The standard InChI is InChI=1S/C49H29N3O/c1-2-12-33(13-3-1)47-50-48(34-28-25-31-24-27-32-26-23-30-11-4-5-14-35(30)45(32)42(31)29-34)52-49(51-47)40-20-9-16-36-37(17-8-18-38(36)40)39-19-10-22-44-46(39)41-15-6-7-21-43(41)53-44/h1-29H. The topological polar surface area (TPSA) is 51.8 Å². The van der Waals surface area contributed by atoms with Crippen LogP contribution in [0.4, 0.5) is 0 Å². The molecule has 0 atom stereocenters. The summed E-state index contributed by atoms with van der Waals surface area (Å²) in [5, 5.41) is 11.7. The van der Waals surface area contributed by atoms with Crippen molar-refractivity contribution in [3.05, 3.63) is 176 Å². The van der Waals surface area contributed by atoms with Crippen molar-refractivity contribution in [2.45, 2.75) is 0 Å². The van der Waals surface area contributed by atoms with Crippen molar-refractivity contribution in [2.24, 2.45) is 0 Å². The SMILES string of the molecule is c1ccc(-c2nc(-c3ccc4ccc5ccc6ccccc6c5c4c3)nc(-c3cccc4c(-c5cccc6oc7ccccc7c56)cccc34)n2)cc1. The predicted octanol–water partition coefficient (Wildman–Crippen LogP) is 13.1. The maximum absolute atomic E-state index is 6.27. The van der Waals surface area contributed by atoms with E-state index < -0.39 is 0 Å². The fourth-order valence-electron chi connectivity index (χ4n) is 8.05. The quantitative estimate of drug-likeness (QED) is 0.174. The van der Waals surface area contributed by atoms with Gasteiger partial charge in [0.1, 0.15) is 11.2 Å². The monoisotopic (exact) mass is 675 g/mol. The Morgan fingerprint density at radius 3 is 1.72 bits per heavy atom. The average Bonchev–Trinajstić information content (AvgIpc) is 3.62. The molecule has 11 rings (SSSR count). The van der Waals surface area contributed by atoms with Gasteiger partial charge < -0.3 is 4.42 Å². The third kappa shape index (κ3) is 4.73. The first kappa shape index (κ1) is 29.5. The first-order valence-electron chi connectivity index (χ1n) is 17.9. The number of furan rings is 1. The van der Waals surface area contributed by atoms with E-state index in [0.29, 0.717) is 17.5 Å². The van der Waals surface area contributed by atoms with E-state index in [1.807, 2.05) is 36.4 Å². The maximum atomic E-state index is 6.27. The van der Waals surface area contributed by atoms with Crippen molar-refractivity contribution in [2.75, 3.05) is 0 Å². The summed E-state index contributed by atoms with van der Waals surface area (Å²) in [6.07, 6.45) is 0. The fourth-order valence-corrected chi connectivity index (χ4v) is 8.05. The molecule has 0 unspecified atom stereocenters. The predicted molar refractivity (Wildman–Crippen MR) is 219 cm³/mol. The minimum absolute atomic E-state index is 0.632. The molecule has 2 heterocycles. The second-order valence-electron chi connectivity index (χ2n) is 13.5. The van der Waals surface area contributed by atoms with E-state index in [4.69, 9.17) is 19.4 Å². The van der Waals surface area contributed by atoms with E-state index in [9.17, 15) is 0 Å². The van der Waals surface area contributed by atoms with Crippen molar-refractivity contribution in [3.63, 3.8) is 0 Å². The second kappa shape index (κ2) is 11.7. The molecule has 4 nitrogen and oxygen atoms in total. The third-order valence-electron chi connectivity index (χ3n) is 10.5. The highest BCUT2D eigenvalue weighted by Gasteiger charge is 2.18. The minimum atomic E-state index is 0.632. The molecule has 4 heteroatoms. The number of nitrogens with zero attached hydrogens (tertiary/aromatic N) is 3. The van der Waals surface area contributed by atoms with Crippen LogP contribution in [0.25, 0.3) is 110 Å². The van der Waals surface area contributed by atoms with Gasteiger partial charge in [-0.25, -0.2) is 15.0 Å². The van der Waals surface area contributed by atoms with Gasteiger partial charge in [0, 0.05) is 27.5 Å². The van der Waals surface area contributed by atoms with Crippen molar-refractivity contribution in [1.29, 1.82) is 0 Å². The molecular formula is C49H29N3O. The van der Waals surface area contributed by atoms with Crippen LogP contribution >= 0.6 is 0 Å². The van der Waals surface area contributed by atoms with E-state index >= 15 is 0 Å². The number of benzene rings is 9. The van der Waals surface area contributed by atoms with E-state index in [-0.39, 0.29) is 0 Å². The fraction of sp³-hybridized carbons (Fsp3) is 0. The Kier molecular flexibility index (Phi) is 6.52. The van der Waals surface area contributed by atoms with Gasteiger partial charge in [0.2, 0.25) is 0 Å². The summed E-state index contributed by atoms with van der Waals surface area (Å²) in [4.78, 5) is 15.5. The number of para-hydroxylation sites is 1. The highest BCUT2D eigenvalue weighted by molar-refractivity contribution is 6.21.